The standard InChI is InChI=1S/CH2O3.ClH.3Mg/c2-1(3)4;;;;/h(H2,2,3,4);1H;;;/q;;3*+2/p-3. The Morgan fingerprint density at radius 2 is 1.00 bits per heavy atom. The minimum atomic E-state index is -2.33. The molecule has 0 amide bonds. The minimum absolute atomic E-state index is 0. The number of carbonyl (C=O) groups excluding carboxylic acids is 1. The zero-order valence-electron chi connectivity index (χ0n) is 4.22. The maximum absolute atomic E-state index is 8.33. The first-order chi connectivity index (χ1) is 1.73. The predicted octanol–water partition coefficient (Wildman–Crippen LogP) is -6.59. The maximum atomic E-state index is 8.33. The van der Waals surface area contributed by atoms with E-state index in [1.807, 2.05) is 0 Å². The van der Waals surface area contributed by atoms with Gasteiger partial charge in [-0.05, 0) is 6.16 Å². The summed E-state index contributed by atoms with van der Waals surface area (Å²) in [5, 5.41) is 16.7. The van der Waals surface area contributed by atoms with Crippen LogP contribution in [-0.4, -0.2) is 75.3 Å². The molecule has 8 heavy (non-hydrogen) atoms. The third-order valence-corrected chi connectivity index (χ3v) is 0. The molecule has 0 heterocycles. The molecule has 0 aromatic heterocycles. The minimum Gasteiger partial charge on any atom is -1.00 e. The van der Waals surface area contributed by atoms with Crippen LogP contribution < -0.4 is 22.6 Å². The molecule has 0 unspecified atom stereocenters. The molecule has 0 aliphatic carbocycles. The molecule has 0 radical (unpaired) electrons. The van der Waals surface area contributed by atoms with Gasteiger partial charge in [-0.25, -0.2) is 0 Å². The second kappa shape index (κ2) is 23.2. The molecule has 0 aromatic rings. The van der Waals surface area contributed by atoms with Gasteiger partial charge in [0.25, 0.3) is 0 Å². The third-order valence-electron chi connectivity index (χ3n) is 0. The van der Waals surface area contributed by atoms with E-state index in [0.29, 0.717) is 0 Å². The third kappa shape index (κ3) is 107. The van der Waals surface area contributed by atoms with Crippen molar-refractivity contribution in [3.8, 4) is 0 Å². The van der Waals surface area contributed by atoms with E-state index in [1.165, 1.54) is 0 Å². The number of carboxylic acid groups (broad SMARTS) is 2. The number of halogens is 1. The molecular weight excluding hydrogens is 168 g/mol. The summed E-state index contributed by atoms with van der Waals surface area (Å²) in [6, 6.07) is 0. The van der Waals surface area contributed by atoms with Crippen LogP contribution in [0.1, 0.15) is 0 Å². The van der Waals surface area contributed by atoms with Crippen molar-refractivity contribution in [3.63, 3.8) is 0 Å². The average Bonchev–Trinajstić information content (AvgIpc) is 0.811. The van der Waals surface area contributed by atoms with Crippen molar-refractivity contribution in [1.29, 1.82) is 0 Å². The second-order valence-corrected chi connectivity index (χ2v) is 0.250. The van der Waals surface area contributed by atoms with Crippen molar-refractivity contribution in [2.45, 2.75) is 0 Å². The summed E-state index contributed by atoms with van der Waals surface area (Å²) < 4.78 is 0. The van der Waals surface area contributed by atoms with Gasteiger partial charge >= 0.3 is 69.2 Å². The normalized spacial score (nSPS) is 3.00. The van der Waals surface area contributed by atoms with E-state index >= 15 is 0 Å². The quantitative estimate of drug-likeness (QED) is 0.338. The van der Waals surface area contributed by atoms with E-state index in [0.717, 1.165) is 0 Å². The Hall–Kier alpha value is 1.86. The first kappa shape index (κ1) is 32.8. The van der Waals surface area contributed by atoms with Crippen molar-refractivity contribution >= 4 is 75.3 Å². The summed E-state index contributed by atoms with van der Waals surface area (Å²) in [7, 11) is 0. The molecule has 0 aliphatic heterocycles. The zero-order chi connectivity index (χ0) is 3.58. The fourth-order valence-corrected chi connectivity index (χ4v) is 0. The fourth-order valence-electron chi connectivity index (χ4n) is 0. The van der Waals surface area contributed by atoms with Crippen molar-refractivity contribution in [2.24, 2.45) is 0 Å². The molecule has 0 atom stereocenters. The first-order valence-corrected chi connectivity index (χ1v) is 0.612. The number of rotatable bonds is 0. The van der Waals surface area contributed by atoms with Crippen LogP contribution >= 0.6 is 0 Å². The van der Waals surface area contributed by atoms with E-state index in [-0.39, 0.29) is 81.6 Å². The topological polar surface area (TPSA) is 63.2 Å². The summed E-state index contributed by atoms with van der Waals surface area (Å²) >= 11 is 0. The average molecular weight is 168 g/mol. The van der Waals surface area contributed by atoms with E-state index in [2.05, 4.69) is 0 Å². The maximum Gasteiger partial charge on any atom is 2.00 e. The SMILES string of the molecule is O=C([O-])[O-].[Cl-].[Mg+2].[Mg+2].[Mg+2]. The molecule has 0 rings (SSSR count). The van der Waals surface area contributed by atoms with Gasteiger partial charge in [0.15, 0.2) is 0 Å². The van der Waals surface area contributed by atoms with E-state index in [9.17, 15) is 0 Å². The van der Waals surface area contributed by atoms with E-state index in [4.69, 9.17) is 15.0 Å². The Bertz CT molecular complexity index is 37.5. The van der Waals surface area contributed by atoms with Crippen LogP contribution in [0.4, 0.5) is 4.79 Å². The van der Waals surface area contributed by atoms with E-state index < -0.39 is 6.16 Å². The Morgan fingerprint density at radius 1 is 1.00 bits per heavy atom. The van der Waals surface area contributed by atoms with Crippen LogP contribution in [0.5, 0.6) is 0 Å². The predicted molar refractivity (Wildman–Crippen MR) is 22.7 cm³/mol. The zero-order valence-corrected chi connectivity index (χ0v) is 9.22. The summed E-state index contributed by atoms with van der Waals surface area (Å²) in [5.74, 6) is 0. The smallest absolute Gasteiger partial charge is 1.00 e. The van der Waals surface area contributed by atoms with Gasteiger partial charge in [0.1, 0.15) is 0 Å². The van der Waals surface area contributed by atoms with Crippen molar-refractivity contribution in [2.75, 3.05) is 0 Å². The van der Waals surface area contributed by atoms with Gasteiger partial charge in [-0.2, -0.15) is 0 Å². The second-order valence-electron chi connectivity index (χ2n) is 0.250. The molecular formula is CClMg3O3+3. The largest absolute Gasteiger partial charge is 2.00 e. The van der Waals surface area contributed by atoms with Crippen molar-refractivity contribution in [3.05, 3.63) is 0 Å². The Kier molecular flexibility index (Phi) is 94.9. The molecule has 0 saturated heterocycles. The molecule has 0 saturated carbocycles. The molecule has 0 aromatic carbocycles. The molecule has 0 spiro atoms. The van der Waals surface area contributed by atoms with Crippen molar-refractivity contribution in [1.82, 2.24) is 0 Å². The van der Waals surface area contributed by atoms with E-state index in [1.54, 1.807) is 0 Å². The van der Waals surface area contributed by atoms with Gasteiger partial charge in [0.2, 0.25) is 0 Å². The molecule has 7 heteroatoms. The monoisotopic (exact) mass is 167 g/mol. The van der Waals surface area contributed by atoms with Gasteiger partial charge in [-0.15, -0.1) is 0 Å². The first-order valence-electron chi connectivity index (χ1n) is 0.612. The molecule has 0 bridgehead atoms. The van der Waals surface area contributed by atoms with Gasteiger partial charge in [-0.3, -0.25) is 0 Å². The van der Waals surface area contributed by atoms with Gasteiger partial charge < -0.3 is 27.4 Å². The summed E-state index contributed by atoms with van der Waals surface area (Å²) in [6.07, 6.45) is -2.33. The van der Waals surface area contributed by atoms with Gasteiger partial charge in [-0.1, -0.05) is 0 Å². The fraction of sp³-hybridized carbons (Fsp3) is 0. The van der Waals surface area contributed by atoms with Gasteiger partial charge in [0, 0.05) is 0 Å². The van der Waals surface area contributed by atoms with Crippen LogP contribution in [0.3, 0.4) is 0 Å². The molecule has 0 aliphatic rings. The van der Waals surface area contributed by atoms with Crippen LogP contribution in [0.25, 0.3) is 0 Å². The molecule has 3 nitrogen and oxygen atoms in total. The molecule has 0 fully saturated rings. The Labute approximate surface area is 101 Å². The van der Waals surface area contributed by atoms with Crippen LogP contribution in [0.15, 0.2) is 0 Å². The van der Waals surface area contributed by atoms with Crippen molar-refractivity contribution < 1.29 is 27.4 Å². The Balaban J connectivity index is -0.00000000750. The van der Waals surface area contributed by atoms with Gasteiger partial charge in [0.05, 0.1) is 0 Å². The summed E-state index contributed by atoms with van der Waals surface area (Å²) in [6.45, 7) is 0. The number of hydrogen-bond acceptors (Lipinski definition) is 3. The summed E-state index contributed by atoms with van der Waals surface area (Å²) in [5.41, 5.74) is 0. The van der Waals surface area contributed by atoms with Crippen LogP contribution in [-0.2, 0) is 0 Å². The van der Waals surface area contributed by atoms with Crippen LogP contribution in [0.2, 0.25) is 0 Å². The number of hydrogen-bond donors (Lipinski definition) is 0. The molecule has 0 N–H and O–H groups in total. The van der Waals surface area contributed by atoms with Crippen LogP contribution in [0, 0.1) is 0 Å². The number of carbonyl (C=O) groups is 1. The molecule has 32 valence electrons. The summed E-state index contributed by atoms with van der Waals surface area (Å²) in [4.78, 5) is 8.33. The Morgan fingerprint density at radius 3 is 1.00 bits per heavy atom.